The molecule has 0 fully saturated rings. The van der Waals surface area contributed by atoms with E-state index in [0.717, 1.165) is 15.6 Å². The van der Waals surface area contributed by atoms with Crippen LogP contribution in [0.1, 0.15) is 6.92 Å². The summed E-state index contributed by atoms with van der Waals surface area (Å²) in [5, 5.41) is 7.38. The van der Waals surface area contributed by atoms with Gasteiger partial charge in [-0.15, -0.1) is 11.3 Å². The van der Waals surface area contributed by atoms with E-state index in [1.165, 1.54) is 28.1 Å². The van der Waals surface area contributed by atoms with Crippen LogP contribution < -0.4 is 24.7 Å². The molecule has 0 N–H and O–H groups in total. The molecule has 3 heterocycles. The molecule has 9 heteroatoms. The van der Waals surface area contributed by atoms with Crippen molar-refractivity contribution < 1.29 is 4.79 Å². The molecule has 36 heavy (non-hydrogen) atoms. The first-order valence-electron chi connectivity index (χ1n) is 11.2. The van der Waals surface area contributed by atoms with Gasteiger partial charge in [0.15, 0.2) is 0 Å². The summed E-state index contributed by atoms with van der Waals surface area (Å²) >= 11 is 9.07. The van der Waals surface area contributed by atoms with Gasteiger partial charge in [-0.2, -0.15) is 10.1 Å². The van der Waals surface area contributed by atoms with Gasteiger partial charge in [0.05, 0.1) is 28.3 Å². The Bertz CT molecular complexity index is 1740. The van der Waals surface area contributed by atoms with Crippen molar-refractivity contribution in [2.75, 3.05) is 17.0 Å². The topological polar surface area (TPSA) is 57.9 Å². The Balaban J connectivity index is 1.64. The number of rotatable bonds is 2. The van der Waals surface area contributed by atoms with Crippen molar-refractivity contribution in [2.45, 2.75) is 11.8 Å². The van der Waals surface area contributed by atoms with Crippen LogP contribution in [0.2, 0.25) is 5.02 Å². The van der Waals surface area contributed by atoms with Crippen molar-refractivity contribution in [1.29, 1.82) is 0 Å². The minimum absolute atomic E-state index is 0.180. The molecule has 0 saturated carbocycles. The summed E-state index contributed by atoms with van der Waals surface area (Å²) in [7, 11) is 1.92. The average Bonchev–Trinajstić information content (AvgIpc) is 3.50. The van der Waals surface area contributed by atoms with E-state index < -0.39 is 0 Å². The fraction of sp³-hybridized carbons (Fsp3) is 0.0741. The first-order valence-corrected chi connectivity index (χ1v) is 13.2. The number of thiazole rings is 1. The zero-order valence-corrected chi connectivity index (χ0v) is 21.7. The SMILES string of the molecule is CC1=NN(c2ccccc2)C(=O)C1=c1sc(=C2Sc3ccc(Cl)cc3N2C)c(=O)n1-c1ccccc1. The summed E-state index contributed by atoms with van der Waals surface area (Å²) in [5.74, 6) is -0.260. The second kappa shape index (κ2) is 8.81. The molecule has 6 rings (SSSR count). The highest BCUT2D eigenvalue weighted by molar-refractivity contribution is 8.08. The summed E-state index contributed by atoms with van der Waals surface area (Å²) in [5.41, 5.74) is 3.12. The van der Waals surface area contributed by atoms with Gasteiger partial charge in [-0.25, -0.2) is 0 Å². The number of para-hydroxylation sites is 2. The van der Waals surface area contributed by atoms with E-state index in [0.29, 0.717) is 36.9 Å². The van der Waals surface area contributed by atoms with Crippen LogP contribution in [0.4, 0.5) is 11.4 Å². The van der Waals surface area contributed by atoms with Crippen LogP contribution in [0, 0.1) is 0 Å². The summed E-state index contributed by atoms with van der Waals surface area (Å²) in [4.78, 5) is 30.6. The molecule has 0 aliphatic carbocycles. The van der Waals surface area contributed by atoms with E-state index in [1.807, 2.05) is 90.8 Å². The summed E-state index contributed by atoms with van der Waals surface area (Å²) < 4.78 is 2.74. The van der Waals surface area contributed by atoms with E-state index in [-0.39, 0.29) is 11.5 Å². The monoisotopic (exact) mass is 530 g/mol. The number of hydrazone groups is 1. The molecule has 0 spiro atoms. The van der Waals surface area contributed by atoms with Gasteiger partial charge >= 0.3 is 0 Å². The summed E-state index contributed by atoms with van der Waals surface area (Å²) in [6.45, 7) is 1.80. The molecule has 0 unspecified atom stereocenters. The number of carbonyl (C=O) groups is 1. The number of fused-ring (bicyclic) bond motifs is 1. The molecule has 0 bridgehead atoms. The minimum atomic E-state index is -0.260. The van der Waals surface area contributed by atoms with Gasteiger partial charge in [0.1, 0.15) is 14.2 Å². The second-order valence-electron chi connectivity index (χ2n) is 8.30. The molecular formula is C27H19ClN4O2S2. The van der Waals surface area contributed by atoms with E-state index in [2.05, 4.69) is 5.10 Å². The van der Waals surface area contributed by atoms with Gasteiger partial charge < -0.3 is 4.90 Å². The van der Waals surface area contributed by atoms with Crippen molar-refractivity contribution in [3.63, 3.8) is 0 Å². The maximum atomic E-state index is 14.0. The lowest BCUT2D eigenvalue weighted by Gasteiger charge is -2.12. The number of nitrogens with zero attached hydrogens (tertiary/aromatic N) is 4. The fourth-order valence-corrected chi connectivity index (χ4v) is 6.99. The van der Waals surface area contributed by atoms with Crippen molar-refractivity contribution in [3.05, 3.63) is 103 Å². The van der Waals surface area contributed by atoms with Crippen LogP contribution in [0.5, 0.6) is 0 Å². The molecular weight excluding hydrogens is 512 g/mol. The Kier molecular flexibility index (Phi) is 5.59. The van der Waals surface area contributed by atoms with E-state index in [9.17, 15) is 9.59 Å². The predicted octanol–water partition coefficient (Wildman–Crippen LogP) is 4.43. The lowest BCUT2D eigenvalue weighted by Crippen LogP contribution is -2.34. The molecule has 0 radical (unpaired) electrons. The molecule has 1 amide bonds. The van der Waals surface area contributed by atoms with Gasteiger partial charge in [0.25, 0.3) is 11.5 Å². The Labute approximate surface area is 220 Å². The lowest BCUT2D eigenvalue weighted by atomic mass is 10.2. The number of aromatic nitrogens is 1. The molecule has 0 saturated heterocycles. The largest absolute Gasteiger partial charge is 0.337 e. The van der Waals surface area contributed by atoms with Crippen molar-refractivity contribution in [2.24, 2.45) is 5.10 Å². The summed E-state index contributed by atoms with van der Waals surface area (Å²) in [6, 6.07) is 24.4. The molecule has 3 aromatic carbocycles. The smallest absolute Gasteiger partial charge is 0.283 e. The first-order chi connectivity index (χ1) is 17.4. The average molecular weight is 531 g/mol. The lowest BCUT2D eigenvalue weighted by molar-refractivity contribution is -0.112. The standard InChI is InChI=1S/C27H19ClN4O2S2/c1-16-22(24(33)32(29-16)19-11-7-4-8-12-19)26-31(18-9-5-3-6-10-18)25(34)23(36-26)27-30(2)20-15-17(28)13-14-21(20)35-27/h3-15H,1-2H3. The Morgan fingerprint density at radius 2 is 1.56 bits per heavy atom. The van der Waals surface area contributed by atoms with Crippen molar-refractivity contribution >= 4 is 68.3 Å². The first kappa shape index (κ1) is 22.8. The molecule has 0 atom stereocenters. The van der Waals surface area contributed by atoms with Crippen LogP contribution >= 0.6 is 34.7 Å². The van der Waals surface area contributed by atoms with Gasteiger partial charge in [-0.3, -0.25) is 14.2 Å². The Morgan fingerprint density at radius 3 is 2.25 bits per heavy atom. The normalized spacial score (nSPS) is 18.1. The molecule has 2 aliphatic heterocycles. The Morgan fingerprint density at radius 1 is 0.889 bits per heavy atom. The minimum Gasteiger partial charge on any atom is -0.337 e. The molecule has 6 nitrogen and oxygen atoms in total. The fourth-order valence-electron chi connectivity index (χ4n) is 4.31. The van der Waals surface area contributed by atoms with Crippen LogP contribution in [0.25, 0.3) is 16.3 Å². The van der Waals surface area contributed by atoms with Gasteiger partial charge in [-0.05, 0) is 49.4 Å². The van der Waals surface area contributed by atoms with Crippen LogP contribution in [-0.4, -0.2) is 23.2 Å². The van der Waals surface area contributed by atoms with E-state index in [1.54, 1.807) is 11.5 Å². The number of hydrogen-bond acceptors (Lipinski definition) is 6. The van der Waals surface area contributed by atoms with Crippen molar-refractivity contribution in [1.82, 2.24) is 4.57 Å². The third-order valence-electron chi connectivity index (χ3n) is 6.03. The number of hydrogen-bond donors (Lipinski definition) is 0. The van der Waals surface area contributed by atoms with Gasteiger partial charge in [0, 0.05) is 17.0 Å². The number of benzene rings is 3. The number of halogens is 1. The van der Waals surface area contributed by atoms with E-state index >= 15 is 0 Å². The molecule has 2 aliphatic rings. The highest BCUT2D eigenvalue weighted by Gasteiger charge is 2.32. The maximum absolute atomic E-state index is 14.0. The number of carbonyl (C=O) groups excluding carboxylic acids is 1. The van der Waals surface area contributed by atoms with Crippen LogP contribution in [-0.2, 0) is 4.79 Å². The highest BCUT2D eigenvalue weighted by Crippen LogP contribution is 2.46. The second-order valence-corrected chi connectivity index (χ2v) is 10.8. The van der Waals surface area contributed by atoms with Crippen LogP contribution in [0.15, 0.2) is 93.7 Å². The Hall–Kier alpha value is -3.59. The van der Waals surface area contributed by atoms with Crippen LogP contribution in [0.3, 0.4) is 0 Å². The van der Waals surface area contributed by atoms with Gasteiger partial charge in [-0.1, -0.05) is 59.8 Å². The number of amides is 1. The highest BCUT2D eigenvalue weighted by atomic mass is 35.5. The third kappa shape index (κ3) is 3.61. The predicted molar refractivity (Wildman–Crippen MR) is 149 cm³/mol. The third-order valence-corrected chi connectivity index (χ3v) is 8.79. The molecule has 4 aromatic rings. The quantitative estimate of drug-likeness (QED) is 0.385. The number of thioether (sulfide) groups is 1. The zero-order valence-electron chi connectivity index (χ0n) is 19.3. The molecule has 178 valence electrons. The number of anilines is 2. The van der Waals surface area contributed by atoms with Gasteiger partial charge in [0.2, 0.25) is 0 Å². The van der Waals surface area contributed by atoms with E-state index in [4.69, 9.17) is 11.6 Å². The maximum Gasteiger partial charge on any atom is 0.283 e. The summed E-state index contributed by atoms with van der Waals surface area (Å²) in [6.07, 6.45) is 0. The van der Waals surface area contributed by atoms with Crippen molar-refractivity contribution in [3.8, 4) is 5.69 Å². The molecule has 1 aromatic heterocycles. The zero-order chi connectivity index (χ0) is 25.0.